The Labute approximate surface area is 81.1 Å². The predicted molar refractivity (Wildman–Crippen MR) is 49.7 cm³/mol. The van der Waals surface area contributed by atoms with Gasteiger partial charge in [-0.2, -0.15) is 13.2 Å². The highest BCUT2D eigenvalue weighted by atomic mass is 19.4. The molecule has 14 heavy (non-hydrogen) atoms. The highest BCUT2D eigenvalue weighted by Crippen LogP contribution is 2.29. The summed E-state index contributed by atoms with van der Waals surface area (Å²) in [7, 11) is 0. The summed E-state index contributed by atoms with van der Waals surface area (Å²) in [5, 5.41) is 0. The second kappa shape index (κ2) is 4.31. The van der Waals surface area contributed by atoms with Gasteiger partial charge in [-0.1, -0.05) is 18.2 Å². The van der Waals surface area contributed by atoms with Gasteiger partial charge in [-0.3, -0.25) is 0 Å². The summed E-state index contributed by atoms with van der Waals surface area (Å²) in [6.45, 7) is 3.52. The lowest BCUT2D eigenvalue weighted by Gasteiger charge is -2.06. The molecule has 0 aliphatic carbocycles. The lowest BCUT2D eigenvalue weighted by Crippen LogP contribution is -2.04. The lowest BCUT2D eigenvalue weighted by molar-refractivity contribution is -0.137. The molecule has 0 bridgehead atoms. The molecule has 1 aromatic carbocycles. The first-order valence-corrected chi connectivity index (χ1v) is 4.15. The van der Waals surface area contributed by atoms with Crippen LogP contribution in [0.1, 0.15) is 17.5 Å². The molecule has 0 N–H and O–H groups in total. The van der Waals surface area contributed by atoms with Crippen molar-refractivity contribution in [3.63, 3.8) is 0 Å². The van der Waals surface area contributed by atoms with Crippen molar-refractivity contribution in [3.05, 3.63) is 54.5 Å². The molecular formula is C11H10F3. The van der Waals surface area contributed by atoms with E-state index in [0.29, 0.717) is 6.42 Å². The third kappa shape index (κ3) is 2.91. The fourth-order valence-electron chi connectivity index (χ4n) is 1.03. The highest BCUT2D eigenvalue weighted by molar-refractivity contribution is 5.29. The Bertz CT molecular complexity index is 295. The molecule has 0 unspecified atom stereocenters. The van der Waals surface area contributed by atoms with E-state index < -0.39 is 11.7 Å². The zero-order chi connectivity index (χ0) is 10.6. The minimum atomic E-state index is -4.25. The van der Waals surface area contributed by atoms with Gasteiger partial charge in [-0.15, -0.1) is 6.58 Å². The summed E-state index contributed by atoms with van der Waals surface area (Å²) in [5.74, 6) is 0. The van der Waals surface area contributed by atoms with E-state index in [9.17, 15) is 13.2 Å². The van der Waals surface area contributed by atoms with Crippen molar-refractivity contribution in [1.82, 2.24) is 0 Å². The Balaban J connectivity index is 2.73. The number of benzene rings is 1. The highest BCUT2D eigenvalue weighted by Gasteiger charge is 2.29. The first kappa shape index (κ1) is 10.8. The smallest absolute Gasteiger partial charge is 0.166 e. The van der Waals surface area contributed by atoms with Crippen molar-refractivity contribution < 1.29 is 13.2 Å². The Kier molecular flexibility index (Phi) is 3.33. The molecule has 75 valence electrons. The maximum absolute atomic E-state index is 12.1. The number of hydrogen-bond donors (Lipinski definition) is 0. The minimum Gasteiger partial charge on any atom is -0.166 e. The standard InChI is InChI=1S/C11H10F3/c1-2-3-4-9-5-7-10(8-6-9)11(12,13)14/h2,4-8H,1,3H2. The zero-order valence-electron chi connectivity index (χ0n) is 7.51. The normalized spacial score (nSPS) is 11.4. The number of rotatable bonds is 3. The maximum Gasteiger partial charge on any atom is 0.416 e. The quantitative estimate of drug-likeness (QED) is 0.649. The van der Waals surface area contributed by atoms with Gasteiger partial charge in [0.25, 0.3) is 0 Å². The van der Waals surface area contributed by atoms with Crippen LogP contribution in [0, 0.1) is 6.42 Å². The van der Waals surface area contributed by atoms with E-state index >= 15 is 0 Å². The van der Waals surface area contributed by atoms with Gasteiger partial charge in [0.05, 0.1) is 5.56 Å². The SMILES string of the molecule is C=CC[CH]c1ccc(C(F)(F)F)cc1. The maximum atomic E-state index is 12.1. The van der Waals surface area contributed by atoms with Crippen LogP contribution in [0.4, 0.5) is 13.2 Å². The fraction of sp³-hybridized carbons (Fsp3) is 0.182. The molecule has 0 spiro atoms. The summed E-state index contributed by atoms with van der Waals surface area (Å²) < 4.78 is 36.4. The van der Waals surface area contributed by atoms with Gasteiger partial charge in [0.15, 0.2) is 0 Å². The van der Waals surface area contributed by atoms with Crippen molar-refractivity contribution >= 4 is 0 Å². The van der Waals surface area contributed by atoms with Crippen molar-refractivity contribution in [2.24, 2.45) is 0 Å². The third-order valence-electron chi connectivity index (χ3n) is 1.76. The summed E-state index contributed by atoms with van der Waals surface area (Å²) >= 11 is 0. The van der Waals surface area contributed by atoms with Crippen LogP contribution in [0.5, 0.6) is 0 Å². The fourth-order valence-corrected chi connectivity index (χ4v) is 1.03. The number of alkyl halides is 3. The number of allylic oxidation sites excluding steroid dienone is 1. The molecule has 0 aliphatic rings. The molecule has 1 rings (SSSR count). The summed E-state index contributed by atoms with van der Waals surface area (Å²) in [4.78, 5) is 0. The first-order chi connectivity index (χ1) is 6.54. The topological polar surface area (TPSA) is 0 Å². The van der Waals surface area contributed by atoms with Crippen LogP contribution in [0.2, 0.25) is 0 Å². The molecule has 0 aliphatic heterocycles. The van der Waals surface area contributed by atoms with E-state index in [1.807, 2.05) is 6.42 Å². The summed E-state index contributed by atoms with van der Waals surface area (Å²) in [6, 6.07) is 5.06. The molecule has 1 aromatic rings. The minimum absolute atomic E-state index is 0.617. The van der Waals surface area contributed by atoms with Crippen molar-refractivity contribution in [2.45, 2.75) is 12.6 Å². The Morgan fingerprint density at radius 2 is 1.71 bits per heavy atom. The Morgan fingerprint density at radius 3 is 2.14 bits per heavy atom. The van der Waals surface area contributed by atoms with Gasteiger partial charge < -0.3 is 0 Å². The van der Waals surface area contributed by atoms with Crippen LogP contribution in [-0.2, 0) is 6.18 Å². The third-order valence-corrected chi connectivity index (χ3v) is 1.76. The lowest BCUT2D eigenvalue weighted by atomic mass is 10.1. The van der Waals surface area contributed by atoms with Gasteiger partial charge >= 0.3 is 6.18 Å². The molecule has 0 fully saturated rings. The first-order valence-electron chi connectivity index (χ1n) is 4.15. The van der Waals surface area contributed by atoms with E-state index in [1.54, 1.807) is 6.08 Å². The molecule has 0 aromatic heterocycles. The van der Waals surface area contributed by atoms with E-state index in [-0.39, 0.29) is 0 Å². The summed E-state index contributed by atoms with van der Waals surface area (Å²) in [6.07, 6.45) is -0.0901. The second-order valence-electron chi connectivity index (χ2n) is 2.85. The van der Waals surface area contributed by atoms with Gasteiger partial charge in [-0.05, 0) is 30.5 Å². The van der Waals surface area contributed by atoms with Crippen LogP contribution >= 0.6 is 0 Å². The van der Waals surface area contributed by atoms with Crippen molar-refractivity contribution in [3.8, 4) is 0 Å². The predicted octanol–water partition coefficient (Wildman–Crippen LogP) is 3.83. The van der Waals surface area contributed by atoms with Gasteiger partial charge in [0.2, 0.25) is 0 Å². The molecule has 0 amide bonds. The van der Waals surface area contributed by atoms with E-state index in [1.165, 1.54) is 12.1 Å². The summed E-state index contributed by atoms with van der Waals surface area (Å²) in [5.41, 5.74) is 0.158. The monoisotopic (exact) mass is 199 g/mol. The molecule has 1 radical (unpaired) electrons. The molecule has 0 nitrogen and oxygen atoms in total. The van der Waals surface area contributed by atoms with Crippen LogP contribution in [-0.4, -0.2) is 0 Å². The number of halogens is 3. The second-order valence-corrected chi connectivity index (χ2v) is 2.85. The molecule has 0 saturated heterocycles. The zero-order valence-corrected chi connectivity index (χ0v) is 7.51. The Hall–Kier alpha value is -1.25. The van der Waals surface area contributed by atoms with E-state index in [2.05, 4.69) is 6.58 Å². The van der Waals surface area contributed by atoms with Crippen molar-refractivity contribution in [1.29, 1.82) is 0 Å². The molecule has 0 heterocycles. The molecule has 0 atom stereocenters. The van der Waals surface area contributed by atoms with Gasteiger partial charge in [0.1, 0.15) is 0 Å². The Morgan fingerprint density at radius 1 is 1.14 bits per heavy atom. The van der Waals surface area contributed by atoms with Gasteiger partial charge in [0, 0.05) is 0 Å². The van der Waals surface area contributed by atoms with E-state index in [4.69, 9.17) is 0 Å². The molecule has 0 saturated carbocycles. The average Bonchev–Trinajstić information content (AvgIpc) is 2.14. The van der Waals surface area contributed by atoms with Crippen molar-refractivity contribution in [2.75, 3.05) is 0 Å². The van der Waals surface area contributed by atoms with Crippen LogP contribution < -0.4 is 0 Å². The average molecular weight is 199 g/mol. The number of hydrogen-bond acceptors (Lipinski definition) is 0. The van der Waals surface area contributed by atoms with Crippen LogP contribution in [0.15, 0.2) is 36.9 Å². The van der Waals surface area contributed by atoms with Crippen LogP contribution in [0.25, 0.3) is 0 Å². The largest absolute Gasteiger partial charge is 0.416 e. The van der Waals surface area contributed by atoms with E-state index in [0.717, 1.165) is 17.7 Å². The van der Waals surface area contributed by atoms with Gasteiger partial charge in [-0.25, -0.2) is 0 Å². The molecule has 3 heteroatoms. The van der Waals surface area contributed by atoms with Crippen LogP contribution in [0.3, 0.4) is 0 Å². The molecular weight excluding hydrogens is 189 g/mol.